The van der Waals surface area contributed by atoms with Gasteiger partial charge in [0.1, 0.15) is 5.25 Å². The topological polar surface area (TPSA) is 58.2 Å². The lowest BCUT2D eigenvalue weighted by Crippen LogP contribution is -2.19. The Balaban J connectivity index is 1.48. The zero-order chi connectivity index (χ0) is 23.9. The van der Waals surface area contributed by atoms with Gasteiger partial charge < -0.3 is 10.6 Å². The number of amides is 2. The smallest absolute Gasteiger partial charge is 0.255 e. The third-order valence-electron chi connectivity index (χ3n) is 5.11. The van der Waals surface area contributed by atoms with Crippen LogP contribution in [0, 0.1) is 6.92 Å². The first kappa shape index (κ1) is 23.6. The first-order valence-electron chi connectivity index (χ1n) is 10.7. The van der Waals surface area contributed by atoms with Crippen molar-refractivity contribution in [3.8, 4) is 0 Å². The summed E-state index contributed by atoms with van der Waals surface area (Å²) in [4.78, 5) is 26.6. The molecule has 0 spiro atoms. The normalized spacial score (nSPS) is 11.5. The van der Waals surface area contributed by atoms with E-state index in [0.29, 0.717) is 22.0 Å². The summed E-state index contributed by atoms with van der Waals surface area (Å²) >= 11 is 7.51. The molecule has 0 bridgehead atoms. The molecule has 1 unspecified atom stereocenters. The predicted molar refractivity (Wildman–Crippen MR) is 141 cm³/mol. The van der Waals surface area contributed by atoms with Crippen LogP contribution in [0.4, 0.5) is 11.4 Å². The maximum absolute atomic E-state index is 13.2. The summed E-state index contributed by atoms with van der Waals surface area (Å²) in [6.45, 7) is 1.98. The predicted octanol–water partition coefficient (Wildman–Crippen LogP) is 7.37. The number of halogens is 1. The lowest BCUT2D eigenvalue weighted by atomic mass is 10.1. The number of carbonyl (C=O) groups is 2. The van der Waals surface area contributed by atoms with E-state index in [1.165, 1.54) is 11.8 Å². The number of hydrogen-bond donors (Lipinski definition) is 2. The molecular weight excluding hydrogens is 464 g/mol. The number of anilines is 2. The number of carbonyl (C=O) groups excluding carboxylic acids is 2. The summed E-state index contributed by atoms with van der Waals surface area (Å²) in [5, 5.41) is 5.97. The third-order valence-corrected chi connectivity index (χ3v) is 6.61. The SMILES string of the molecule is Cc1ccc(C(=O)Nc2ccc(SC(C(=O)Nc3cccc(Cl)c3)c3ccccc3)cc2)cc1. The molecule has 2 amide bonds. The fourth-order valence-corrected chi connectivity index (χ4v) is 4.55. The fraction of sp³-hybridized carbons (Fsp3) is 0.0714. The standard InChI is InChI=1S/C28H23ClN2O2S/c1-19-10-12-21(13-11-19)27(32)30-23-14-16-25(17-15-23)34-26(20-6-3-2-4-7-20)28(33)31-24-9-5-8-22(29)18-24/h2-18,26H,1H3,(H,30,32)(H,31,33). The van der Waals surface area contributed by atoms with Gasteiger partial charge in [0.05, 0.1) is 0 Å². The molecule has 0 radical (unpaired) electrons. The third kappa shape index (κ3) is 6.28. The summed E-state index contributed by atoms with van der Waals surface area (Å²) in [5.74, 6) is -0.307. The molecule has 34 heavy (non-hydrogen) atoms. The summed E-state index contributed by atoms with van der Waals surface area (Å²) < 4.78 is 0. The molecule has 170 valence electrons. The molecule has 0 aliphatic carbocycles. The maximum Gasteiger partial charge on any atom is 0.255 e. The maximum atomic E-state index is 13.2. The number of thioether (sulfide) groups is 1. The Hall–Kier alpha value is -3.54. The zero-order valence-electron chi connectivity index (χ0n) is 18.5. The van der Waals surface area contributed by atoms with Crippen molar-refractivity contribution in [1.82, 2.24) is 0 Å². The van der Waals surface area contributed by atoms with E-state index in [1.807, 2.05) is 79.7 Å². The van der Waals surface area contributed by atoms with Crippen LogP contribution < -0.4 is 10.6 Å². The summed E-state index contributed by atoms with van der Waals surface area (Å²) in [7, 11) is 0. The zero-order valence-corrected chi connectivity index (χ0v) is 20.1. The van der Waals surface area contributed by atoms with Crippen LogP contribution in [0.1, 0.15) is 26.7 Å². The van der Waals surface area contributed by atoms with E-state index >= 15 is 0 Å². The quantitative estimate of drug-likeness (QED) is 0.268. The lowest BCUT2D eigenvalue weighted by Gasteiger charge is -2.17. The van der Waals surface area contributed by atoms with Crippen LogP contribution in [0.15, 0.2) is 108 Å². The van der Waals surface area contributed by atoms with Crippen molar-refractivity contribution in [2.24, 2.45) is 0 Å². The number of rotatable bonds is 7. The highest BCUT2D eigenvalue weighted by molar-refractivity contribution is 8.00. The van der Waals surface area contributed by atoms with Crippen LogP contribution in [0.2, 0.25) is 5.02 Å². The second-order valence-corrected chi connectivity index (χ2v) is 9.37. The molecular formula is C28H23ClN2O2S. The fourth-order valence-electron chi connectivity index (χ4n) is 3.34. The second kappa shape index (κ2) is 11.1. The summed E-state index contributed by atoms with van der Waals surface area (Å²) in [6.07, 6.45) is 0. The van der Waals surface area contributed by atoms with Crippen LogP contribution in [0.3, 0.4) is 0 Å². The average molecular weight is 487 g/mol. The van der Waals surface area contributed by atoms with Gasteiger partial charge in [0, 0.05) is 26.9 Å². The second-order valence-electron chi connectivity index (χ2n) is 7.75. The first-order chi connectivity index (χ1) is 16.5. The first-order valence-corrected chi connectivity index (χ1v) is 12.0. The van der Waals surface area contributed by atoms with Crippen LogP contribution in [0.25, 0.3) is 0 Å². The van der Waals surface area contributed by atoms with Crippen molar-refractivity contribution in [3.05, 3.63) is 125 Å². The van der Waals surface area contributed by atoms with Gasteiger partial charge in [0.15, 0.2) is 0 Å². The van der Waals surface area contributed by atoms with E-state index in [4.69, 9.17) is 11.6 Å². The van der Waals surface area contributed by atoms with Gasteiger partial charge >= 0.3 is 0 Å². The van der Waals surface area contributed by atoms with Crippen LogP contribution in [-0.2, 0) is 4.79 Å². The van der Waals surface area contributed by atoms with Crippen molar-refractivity contribution < 1.29 is 9.59 Å². The number of nitrogens with one attached hydrogen (secondary N) is 2. The Morgan fingerprint density at radius 3 is 2.15 bits per heavy atom. The van der Waals surface area contributed by atoms with Gasteiger partial charge in [-0.15, -0.1) is 11.8 Å². The van der Waals surface area contributed by atoms with Crippen molar-refractivity contribution in [1.29, 1.82) is 0 Å². The van der Waals surface area contributed by atoms with Crippen molar-refractivity contribution in [2.45, 2.75) is 17.1 Å². The van der Waals surface area contributed by atoms with E-state index in [0.717, 1.165) is 16.0 Å². The number of hydrogen-bond acceptors (Lipinski definition) is 3. The molecule has 0 saturated carbocycles. The van der Waals surface area contributed by atoms with E-state index in [9.17, 15) is 9.59 Å². The Kier molecular flexibility index (Phi) is 7.68. The molecule has 2 N–H and O–H groups in total. The van der Waals surface area contributed by atoms with Crippen LogP contribution in [-0.4, -0.2) is 11.8 Å². The summed E-state index contributed by atoms with van der Waals surface area (Å²) in [5.41, 5.74) is 3.93. The van der Waals surface area contributed by atoms with Gasteiger partial charge in [-0.2, -0.15) is 0 Å². The van der Waals surface area contributed by atoms with Gasteiger partial charge in [-0.05, 0) is 67.1 Å². The Morgan fingerprint density at radius 2 is 1.47 bits per heavy atom. The minimum atomic E-state index is -0.465. The van der Waals surface area contributed by atoms with Gasteiger partial charge in [0.2, 0.25) is 5.91 Å². The van der Waals surface area contributed by atoms with Gasteiger partial charge in [-0.25, -0.2) is 0 Å². The van der Waals surface area contributed by atoms with Gasteiger partial charge in [0.25, 0.3) is 5.91 Å². The van der Waals surface area contributed by atoms with Crippen LogP contribution in [0.5, 0.6) is 0 Å². The molecule has 4 aromatic rings. The van der Waals surface area contributed by atoms with Crippen molar-refractivity contribution in [2.75, 3.05) is 10.6 Å². The minimum Gasteiger partial charge on any atom is -0.325 e. The molecule has 0 aliphatic heterocycles. The van der Waals surface area contributed by atoms with Crippen molar-refractivity contribution in [3.63, 3.8) is 0 Å². The minimum absolute atomic E-state index is 0.143. The van der Waals surface area contributed by atoms with E-state index in [2.05, 4.69) is 10.6 Å². The molecule has 0 aromatic heterocycles. The largest absolute Gasteiger partial charge is 0.325 e. The van der Waals surface area contributed by atoms with Gasteiger partial charge in [-0.1, -0.05) is 65.7 Å². The monoisotopic (exact) mass is 486 g/mol. The highest BCUT2D eigenvalue weighted by Crippen LogP contribution is 2.37. The molecule has 0 saturated heterocycles. The summed E-state index contributed by atoms with van der Waals surface area (Å²) in [6, 6.07) is 31.6. The van der Waals surface area contributed by atoms with E-state index in [-0.39, 0.29) is 11.8 Å². The molecule has 4 nitrogen and oxygen atoms in total. The molecule has 6 heteroatoms. The molecule has 0 heterocycles. The Bertz CT molecular complexity index is 1280. The lowest BCUT2D eigenvalue weighted by molar-refractivity contribution is -0.115. The van der Waals surface area contributed by atoms with Gasteiger partial charge in [-0.3, -0.25) is 9.59 Å². The highest BCUT2D eigenvalue weighted by atomic mass is 35.5. The molecule has 1 atom stereocenters. The molecule has 4 rings (SSSR count). The molecule has 4 aromatic carbocycles. The average Bonchev–Trinajstić information content (AvgIpc) is 2.84. The Morgan fingerprint density at radius 1 is 0.765 bits per heavy atom. The molecule has 0 fully saturated rings. The molecule has 0 aliphatic rings. The Labute approximate surface area is 208 Å². The highest BCUT2D eigenvalue weighted by Gasteiger charge is 2.22. The van der Waals surface area contributed by atoms with E-state index < -0.39 is 5.25 Å². The number of aryl methyl sites for hydroxylation is 1. The number of benzene rings is 4. The van der Waals surface area contributed by atoms with Crippen molar-refractivity contribution >= 4 is 46.6 Å². The van der Waals surface area contributed by atoms with Crippen LogP contribution >= 0.6 is 23.4 Å². The van der Waals surface area contributed by atoms with E-state index in [1.54, 1.807) is 30.3 Å².